The second-order valence-corrected chi connectivity index (χ2v) is 5.71. The van der Waals surface area contributed by atoms with Gasteiger partial charge in [0, 0.05) is 11.4 Å². The van der Waals surface area contributed by atoms with E-state index in [1.165, 1.54) is 16.7 Å². The Hall–Kier alpha value is -2.95. The van der Waals surface area contributed by atoms with Gasteiger partial charge in [-0.25, -0.2) is 0 Å². The Labute approximate surface area is 142 Å². The van der Waals surface area contributed by atoms with Crippen LogP contribution in [-0.2, 0) is 6.42 Å². The molecule has 5 nitrogen and oxygen atoms in total. The summed E-state index contributed by atoms with van der Waals surface area (Å²) in [5.74, 6) is 1.13. The van der Waals surface area contributed by atoms with Gasteiger partial charge in [-0.3, -0.25) is 0 Å². The number of aromatic nitrogens is 3. The lowest BCUT2D eigenvalue weighted by molar-refractivity contribution is 0.982. The first-order valence-electron chi connectivity index (χ1n) is 8.04. The molecule has 2 aromatic carbocycles. The van der Waals surface area contributed by atoms with Crippen molar-refractivity contribution in [1.82, 2.24) is 15.2 Å². The minimum atomic E-state index is 0.467. The number of aryl methyl sites for hydroxylation is 2. The van der Waals surface area contributed by atoms with Gasteiger partial charge in [-0.1, -0.05) is 31.2 Å². The highest BCUT2D eigenvalue weighted by Crippen LogP contribution is 2.22. The maximum atomic E-state index is 4.48. The average molecular weight is 319 g/mol. The standard InChI is InChI=1S/C19H21N5/c1-4-15-8-10-16(11-9-15)21-19-23-18(12-20-24-19)22-17-7-5-6-13(2)14(17)3/h5-12H,4H2,1-3H3,(H2,21,22,23,24). The van der Waals surface area contributed by atoms with Crippen molar-refractivity contribution in [3.8, 4) is 0 Å². The molecule has 24 heavy (non-hydrogen) atoms. The van der Waals surface area contributed by atoms with Crippen LogP contribution < -0.4 is 10.6 Å². The number of benzene rings is 2. The van der Waals surface area contributed by atoms with E-state index in [-0.39, 0.29) is 0 Å². The molecule has 0 saturated carbocycles. The van der Waals surface area contributed by atoms with Crippen LogP contribution in [0.4, 0.5) is 23.1 Å². The molecule has 1 heterocycles. The lowest BCUT2D eigenvalue weighted by Gasteiger charge is -2.11. The van der Waals surface area contributed by atoms with Crippen LogP contribution in [0, 0.1) is 13.8 Å². The Morgan fingerprint density at radius 2 is 1.75 bits per heavy atom. The molecular weight excluding hydrogens is 298 g/mol. The lowest BCUT2D eigenvalue weighted by Crippen LogP contribution is -2.03. The van der Waals surface area contributed by atoms with Gasteiger partial charge in [0.05, 0.1) is 6.20 Å². The highest BCUT2D eigenvalue weighted by molar-refractivity contribution is 5.62. The van der Waals surface area contributed by atoms with E-state index in [0.29, 0.717) is 11.8 Å². The first-order valence-corrected chi connectivity index (χ1v) is 8.04. The van der Waals surface area contributed by atoms with Gasteiger partial charge in [0.15, 0.2) is 5.82 Å². The van der Waals surface area contributed by atoms with Gasteiger partial charge in [-0.2, -0.15) is 10.1 Å². The first kappa shape index (κ1) is 15.9. The largest absolute Gasteiger partial charge is 0.339 e. The molecule has 0 saturated heterocycles. The molecule has 3 rings (SSSR count). The lowest BCUT2D eigenvalue weighted by atomic mass is 10.1. The van der Waals surface area contributed by atoms with Crippen LogP contribution >= 0.6 is 0 Å². The molecule has 0 unspecified atom stereocenters. The van der Waals surface area contributed by atoms with Crippen LogP contribution in [-0.4, -0.2) is 15.2 Å². The fraction of sp³-hybridized carbons (Fsp3) is 0.211. The minimum absolute atomic E-state index is 0.467. The Kier molecular flexibility index (Phi) is 4.70. The molecule has 3 aromatic rings. The van der Waals surface area contributed by atoms with E-state index in [2.05, 4.69) is 64.8 Å². The van der Waals surface area contributed by atoms with E-state index in [9.17, 15) is 0 Å². The number of nitrogens with zero attached hydrogens (tertiary/aromatic N) is 3. The zero-order valence-corrected chi connectivity index (χ0v) is 14.2. The van der Waals surface area contributed by atoms with Crippen LogP contribution in [0.2, 0.25) is 0 Å². The molecule has 2 N–H and O–H groups in total. The normalized spacial score (nSPS) is 10.5. The van der Waals surface area contributed by atoms with Gasteiger partial charge >= 0.3 is 0 Å². The second-order valence-electron chi connectivity index (χ2n) is 5.71. The maximum Gasteiger partial charge on any atom is 0.249 e. The summed E-state index contributed by atoms with van der Waals surface area (Å²) < 4.78 is 0. The van der Waals surface area contributed by atoms with Gasteiger partial charge in [-0.05, 0) is 55.2 Å². The van der Waals surface area contributed by atoms with Gasteiger partial charge in [0.25, 0.3) is 0 Å². The van der Waals surface area contributed by atoms with E-state index < -0.39 is 0 Å². The second kappa shape index (κ2) is 7.08. The van der Waals surface area contributed by atoms with Crippen molar-refractivity contribution in [2.24, 2.45) is 0 Å². The van der Waals surface area contributed by atoms with Gasteiger partial charge < -0.3 is 10.6 Å². The van der Waals surface area contributed by atoms with Gasteiger partial charge in [0.2, 0.25) is 5.95 Å². The minimum Gasteiger partial charge on any atom is -0.339 e. The Morgan fingerprint density at radius 3 is 2.50 bits per heavy atom. The van der Waals surface area contributed by atoms with Crippen molar-refractivity contribution in [3.63, 3.8) is 0 Å². The average Bonchev–Trinajstić information content (AvgIpc) is 2.60. The summed E-state index contributed by atoms with van der Waals surface area (Å²) in [6.07, 6.45) is 2.64. The summed E-state index contributed by atoms with van der Waals surface area (Å²) in [6.45, 7) is 6.31. The molecule has 0 spiro atoms. The van der Waals surface area contributed by atoms with Crippen molar-refractivity contribution in [3.05, 3.63) is 65.4 Å². The van der Waals surface area contributed by atoms with Crippen molar-refractivity contribution in [2.45, 2.75) is 27.2 Å². The summed E-state index contributed by atoms with van der Waals surface area (Å²) in [4.78, 5) is 4.48. The maximum absolute atomic E-state index is 4.48. The smallest absolute Gasteiger partial charge is 0.249 e. The summed E-state index contributed by atoms with van der Waals surface area (Å²) >= 11 is 0. The van der Waals surface area contributed by atoms with E-state index >= 15 is 0 Å². The van der Waals surface area contributed by atoms with Crippen LogP contribution in [0.25, 0.3) is 0 Å². The monoisotopic (exact) mass is 319 g/mol. The molecule has 0 bridgehead atoms. The fourth-order valence-electron chi connectivity index (χ4n) is 2.39. The van der Waals surface area contributed by atoms with Crippen molar-refractivity contribution in [2.75, 3.05) is 10.6 Å². The van der Waals surface area contributed by atoms with Crippen LogP contribution in [0.5, 0.6) is 0 Å². The van der Waals surface area contributed by atoms with Crippen LogP contribution in [0.15, 0.2) is 48.7 Å². The molecule has 0 radical (unpaired) electrons. The highest BCUT2D eigenvalue weighted by Gasteiger charge is 2.05. The van der Waals surface area contributed by atoms with Crippen LogP contribution in [0.1, 0.15) is 23.6 Å². The Balaban J connectivity index is 1.77. The molecule has 0 amide bonds. The highest BCUT2D eigenvalue weighted by atomic mass is 15.3. The molecule has 0 fully saturated rings. The number of hydrogen-bond donors (Lipinski definition) is 2. The SMILES string of the molecule is CCc1ccc(Nc2nncc(Nc3cccc(C)c3C)n2)cc1. The Morgan fingerprint density at radius 1 is 0.958 bits per heavy atom. The summed E-state index contributed by atoms with van der Waals surface area (Å²) in [6, 6.07) is 14.4. The molecule has 0 aliphatic heterocycles. The van der Waals surface area contributed by atoms with Crippen molar-refractivity contribution >= 4 is 23.1 Å². The van der Waals surface area contributed by atoms with Gasteiger partial charge in [-0.15, -0.1) is 5.10 Å². The summed E-state index contributed by atoms with van der Waals surface area (Å²) in [5.41, 5.74) is 5.69. The van der Waals surface area contributed by atoms with E-state index in [0.717, 1.165) is 17.8 Å². The number of rotatable bonds is 5. The first-order chi connectivity index (χ1) is 11.7. The molecule has 1 aromatic heterocycles. The Bertz CT molecular complexity index is 827. The number of nitrogens with one attached hydrogen (secondary N) is 2. The molecule has 0 atom stereocenters. The molecule has 0 aliphatic carbocycles. The molecular formula is C19H21N5. The van der Waals surface area contributed by atoms with Crippen LogP contribution in [0.3, 0.4) is 0 Å². The quantitative estimate of drug-likeness (QED) is 0.723. The molecule has 5 heteroatoms. The number of anilines is 4. The molecule has 0 aliphatic rings. The van der Waals surface area contributed by atoms with Crippen molar-refractivity contribution < 1.29 is 0 Å². The molecule has 122 valence electrons. The van der Waals surface area contributed by atoms with E-state index in [1.54, 1.807) is 6.20 Å². The summed E-state index contributed by atoms with van der Waals surface area (Å²) in [7, 11) is 0. The third-order valence-electron chi connectivity index (χ3n) is 4.04. The summed E-state index contributed by atoms with van der Waals surface area (Å²) in [5, 5.41) is 14.6. The topological polar surface area (TPSA) is 62.7 Å². The van der Waals surface area contributed by atoms with Crippen molar-refractivity contribution in [1.29, 1.82) is 0 Å². The number of hydrogen-bond acceptors (Lipinski definition) is 5. The predicted molar refractivity (Wildman–Crippen MR) is 98.1 cm³/mol. The predicted octanol–water partition coefficient (Wildman–Crippen LogP) is 4.54. The fourth-order valence-corrected chi connectivity index (χ4v) is 2.39. The van der Waals surface area contributed by atoms with E-state index in [1.807, 2.05) is 24.3 Å². The third kappa shape index (κ3) is 3.68. The zero-order chi connectivity index (χ0) is 16.9. The zero-order valence-electron chi connectivity index (χ0n) is 14.2. The van der Waals surface area contributed by atoms with E-state index in [4.69, 9.17) is 0 Å². The van der Waals surface area contributed by atoms with Gasteiger partial charge in [0.1, 0.15) is 0 Å². The third-order valence-corrected chi connectivity index (χ3v) is 4.04.